The van der Waals surface area contributed by atoms with E-state index in [0.717, 1.165) is 11.1 Å². The highest BCUT2D eigenvalue weighted by atomic mass is 35.5. The fourth-order valence-corrected chi connectivity index (χ4v) is 5.94. The van der Waals surface area contributed by atoms with Crippen LogP contribution in [0.3, 0.4) is 0 Å². The van der Waals surface area contributed by atoms with Crippen molar-refractivity contribution in [3.63, 3.8) is 0 Å². The third-order valence-corrected chi connectivity index (χ3v) is 8.53. The van der Waals surface area contributed by atoms with Crippen LogP contribution in [0.4, 0.5) is 11.8 Å². The number of nitrogens with zero attached hydrogens (tertiary/aromatic N) is 6. The fourth-order valence-electron chi connectivity index (χ4n) is 5.61. The molecule has 2 fully saturated rings. The Hall–Kier alpha value is -3.98. The summed E-state index contributed by atoms with van der Waals surface area (Å²) in [5.41, 5.74) is 2.31. The third kappa shape index (κ3) is 7.64. The SMILES string of the molecule is CC(=O)N1CC(Nc2cc(C(=O)NC[C@H](O)CN3CCc4c(ccc(OCc5cnco5)c4Cl)C3)nc(N3CCOCC3)n2)C1. The molecule has 2 saturated heterocycles. The highest BCUT2D eigenvalue weighted by Crippen LogP contribution is 2.34. The standard InChI is InChI=1S/C30H37ClN8O6/c1-19(40)39-14-21(15-39)34-27-10-25(35-30(36-27)38-6-8-43-9-7-38)29(42)33-11-22(41)16-37-5-4-24-20(13-37)2-3-26(28(24)31)44-17-23-12-32-18-45-23/h2-3,10,12,18,21-22,41H,4-9,11,13-17H2,1H3,(H,33,42)(H,34,35,36)/t22-/m0/s1. The van der Waals surface area contributed by atoms with Crippen molar-refractivity contribution in [1.82, 2.24) is 30.1 Å². The number of carbonyl (C=O) groups excluding carboxylic acids is 2. The molecule has 14 nitrogen and oxygen atoms in total. The first kappa shape index (κ1) is 31.0. The van der Waals surface area contributed by atoms with Crippen molar-refractivity contribution in [3.05, 3.63) is 58.4 Å². The van der Waals surface area contributed by atoms with E-state index >= 15 is 0 Å². The van der Waals surface area contributed by atoms with Gasteiger partial charge in [-0.3, -0.25) is 14.5 Å². The number of aliphatic hydroxyl groups excluding tert-OH is 1. The molecule has 15 heteroatoms. The summed E-state index contributed by atoms with van der Waals surface area (Å²) >= 11 is 6.67. The van der Waals surface area contributed by atoms with E-state index in [1.807, 2.05) is 17.0 Å². The zero-order valence-corrected chi connectivity index (χ0v) is 25.8. The lowest BCUT2D eigenvalue weighted by molar-refractivity contribution is -0.132. The van der Waals surface area contributed by atoms with Crippen LogP contribution < -0.4 is 20.3 Å². The first-order chi connectivity index (χ1) is 21.8. The van der Waals surface area contributed by atoms with Crippen LogP contribution in [0.25, 0.3) is 0 Å². The number of hydrogen-bond acceptors (Lipinski definition) is 12. The number of carbonyl (C=O) groups is 2. The van der Waals surface area contributed by atoms with E-state index in [1.165, 1.54) is 6.39 Å². The Morgan fingerprint density at radius 3 is 2.78 bits per heavy atom. The van der Waals surface area contributed by atoms with E-state index in [4.69, 9.17) is 25.5 Å². The normalized spacial score (nSPS) is 17.8. The Labute approximate surface area is 265 Å². The predicted octanol–water partition coefficient (Wildman–Crippen LogP) is 1.33. The summed E-state index contributed by atoms with van der Waals surface area (Å²) in [7, 11) is 0. The summed E-state index contributed by atoms with van der Waals surface area (Å²) in [6.45, 7) is 7.04. The number of ether oxygens (including phenoxy) is 2. The molecule has 45 heavy (non-hydrogen) atoms. The minimum absolute atomic E-state index is 0.0276. The van der Waals surface area contributed by atoms with Gasteiger partial charge in [-0.05, 0) is 23.6 Å². The van der Waals surface area contributed by atoms with Crippen LogP contribution in [0.2, 0.25) is 5.02 Å². The Morgan fingerprint density at radius 1 is 1.20 bits per heavy atom. The van der Waals surface area contributed by atoms with Crippen LogP contribution in [0, 0.1) is 0 Å². The number of amides is 2. The zero-order valence-electron chi connectivity index (χ0n) is 25.1. The van der Waals surface area contributed by atoms with Crippen molar-refractivity contribution in [2.24, 2.45) is 0 Å². The quantitative estimate of drug-likeness (QED) is 0.276. The number of benzene rings is 1. The van der Waals surface area contributed by atoms with Crippen molar-refractivity contribution in [2.45, 2.75) is 38.6 Å². The molecular weight excluding hydrogens is 604 g/mol. The molecule has 6 rings (SSSR count). The molecule has 0 spiro atoms. The average Bonchev–Trinajstić information content (AvgIpc) is 3.55. The fraction of sp³-hybridized carbons (Fsp3) is 0.500. The molecule has 5 heterocycles. The lowest BCUT2D eigenvalue weighted by Gasteiger charge is -2.39. The van der Waals surface area contributed by atoms with E-state index in [1.54, 1.807) is 24.1 Å². The molecule has 0 bridgehead atoms. The number of aromatic nitrogens is 3. The number of likely N-dealkylation sites (tertiary alicyclic amines) is 1. The van der Waals surface area contributed by atoms with E-state index in [9.17, 15) is 14.7 Å². The summed E-state index contributed by atoms with van der Waals surface area (Å²) in [6.07, 6.45) is 2.87. The van der Waals surface area contributed by atoms with Gasteiger partial charge in [0, 0.05) is 65.3 Å². The molecule has 1 atom stereocenters. The topological polar surface area (TPSA) is 158 Å². The van der Waals surface area contributed by atoms with Gasteiger partial charge in [-0.1, -0.05) is 17.7 Å². The summed E-state index contributed by atoms with van der Waals surface area (Å²) < 4.78 is 16.5. The molecule has 240 valence electrons. The maximum absolute atomic E-state index is 13.2. The number of nitrogens with one attached hydrogen (secondary N) is 2. The largest absolute Gasteiger partial charge is 0.484 e. The Balaban J connectivity index is 1.03. The molecule has 3 aliphatic rings. The zero-order chi connectivity index (χ0) is 31.3. The van der Waals surface area contributed by atoms with Gasteiger partial charge in [-0.25, -0.2) is 9.97 Å². The van der Waals surface area contributed by atoms with Gasteiger partial charge in [0.2, 0.25) is 11.9 Å². The predicted molar refractivity (Wildman–Crippen MR) is 164 cm³/mol. The Morgan fingerprint density at radius 2 is 2.02 bits per heavy atom. The van der Waals surface area contributed by atoms with E-state index in [0.29, 0.717) is 93.7 Å². The van der Waals surface area contributed by atoms with E-state index in [-0.39, 0.29) is 30.8 Å². The monoisotopic (exact) mass is 640 g/mol. The summed E-state index contributed by atoms with van der Waals surface area (Å²) in [6, 6.07) is 5.49. The number of halogens is 1. The molecule has 2 aromatic heterocycles. The molecule has 3 N–H and O–H groups in total. The number of morpholine rings is 1. The molecule has 0 saturated carbocycles. The molecule has 0 unspecified atom stereocenters. The molecule has 3 aromatic rings. The van der Waals surface area contributed by atoms with E-state index in [2.05, 4.69) is 30.5 Å². The van der Waals surface area contributed by atoms with Gasteiger partial charge in [-0.2, -0.15) is 4.98 Å². The average molecular weight is 641 g/mol. The van der Waals surface area contributed by atoms with Gasteiger partial charge in [0.15, 0.2) is 12.2 Å². The van der Waals surface area contributed by atoms with Crippen LogP contribution in [0.5, 0.6) is 5.75 Å². The molecule has 1 aromatic carbocycles. The van der Waals surface area contributed by atoms with Crippen molar-refractivity contribution in [1.29, 1.82) is 0 Å². The van der Waals surface area contributed by atoms with Gasteiger partial charge in [0.25, 0.3) is 5.91 Å². The number of oxazole rings is 1. The minimum Gasteiger partial charge on any atom is -0.484 e. The molecular formula is C30H37ClN8O6. The number of hydrogen-bond donors (Lipinski definition) is 3. The lowest BCUT2D eigenvalue weighted by atomic mass is 9.99. The van der Waals surface area contributed by atoms with Gasteiger partial charge >= 0.3 is 0 Å². The van der Waals surface area contributed by atoms with Crippen molar-refractivity contribution >= 4 is 35.2 Å². The maximum Gasteiger partial charge on any atom is 0.270 e. The van der Waals surface area contributed by atoms with Crippen molar-refractivity contribution in [2.75, 3.05) is 69.2 Å². The van der Waals surface area contributed by atoms with Crippen LogP contribution >= 0.6 is 11.6 Å². The summed E-state index contributed by atoms with van der Waals surface area (Å²) in [5, 5.41) is 17.6. The second-order valence-corrected chi connectivity index (χ2v) is 11.8. The Bertz CT molecular complexity index is 1500. The van der Waals surface area contributed by atoms with Gasteiger partial charge < -0.3 is 39.4 Å². The molecule has 2 amide bonds. The number of anilines is 2. The van der Waals surface area contributed by atoms with Crippen molar-refractivity contribution in [3.8, 4) is 5.75 Å². The summed E-state index contributed by atoms with van der Waals surface area (Å²) in [5.74, 6) is 1.78. The second-order valence-electron chi connectivity index (χ2n) is 11.4. The van der Waals surface area contributed by atoms with Crippen LogP contribution in [-0.2, 0) is 29.1 Å². The van der Waals surface area contributed by atoms with Crippen LogP contribution in [-0.4, -0.2) is 113 Å². The Kier molecular flexibility index (Phi) is 9.64. The van der Waals surface area contributed by atoms with Gasteiger partial charge in [-0.15, -0.1) is 0 Å². The number of rotatable bonds is 11. The lowest BCUT2D eigenvalue weighted by Crippen LogP contribution is -2.56. The summed E-state index contributed by atoms with van der Waals surface area (Å²) in [4.78, 5) is 43.7. The van der Waals surface area contributed by atoms with Gasteiger partial charge in [0.05, 0.1) is 36.6 Å². The van der Waals surface area contributed by atoms with Crippen LogP contribution in [0.1, 0.15) is 34.3 Å². The highest BCUT2D eigenvalue weighted by Gasteiger charge is 2.29. The molecule has 0 aliphatic carbocycles. The maximum atomic E-state index is 13.2. The number of aliphatic hydroxyl groups is 1. The molecule has 3 aliphatic heterocycles. The second kappa shape index (κ2) is 14.0. The smallest absolute Gasteiger partial charge is 0.270 e. The third-order valence-electron chi connectivity index (χ3n) is 8.12. The number of fused-ring (bicyclic) bond motifs is 1. The first-order valence-electron chi connectivity index (χ1n) is 15.0. The minimum atomic E-state index is -0.791. The first-order valence-corrected chi connectivity index (χ1v) is 15.4. The molecule has 0 radical (unpaired) electrons. The number of β-amino-alcohol motifs (C(OH)–C–C–N with tert-alkyl or cyclic N) is 1. The van der Waals surface area contributed by atoms with Crippen LogP contribution in [0.15, 0.2) is 35.2 Å². The van der Waals surface area contributed by atoms with E-state index < -0.39 is 12.0 Å². The highest BCUT2D eigenvalue weighted by molar-refractivity contribution is 6.33. The van der Waals surface area contributed by atoms with Crippen molar-refractivity contribution < 1.29 is 28.6 Å². The van der Waals surface area contributed by atoms with Gasteiger partial charge in [0.1, 0.15) is 23.9 Å².